The van der Waals surface area contributed by atoms with Crippen molar-refractivity contribution in [2.45, 2.75) is 11.3 Å². The number of rotatable bonds is 7. The van der Waals surface area contributed by atoms with E-state index in [1.54, 1.807) is 7.11 Å². The van der Waals surface area contributed by atoms with E-state index < -0.39 is 5.97 Å². The summed E-state index contributed by atoms with van der Waals surface area (Å²) in [6, 6.07) is 0. The summed E-state index contributed by atoms with van der Waals surface area (Å²) in [5.41, 5.74) is 6.44. The molecule has 0 unspecified atom stereocenters. The number of hydrogen-bond donors (Lipinski definition) is 2. The second kappa shape index (κ2) is 7.50. The van der Waals surface area contributed by atoms with Gasteiger partial charge in [0.25, 0.3) is 0 Å². The van der Waals surface area contributed by atoms with Crippen molar-refractivity contribution >= 4 is 39.8 Å². The number of nitrogens with one attached hydrogen (secondary N) is 1. The SMILES string of the molecule is COCCCNc1sc(C(=O)OC)c(N)c1SC. The maximum atomic E-state index is 11.5. The number of nitrogens with two attached hydrogens (primary N) is 1. The summed E-state index contributed by atoms with van der Waals surface area (Å²) in [7, 11) is 3.03. The molecule has 0 fully saturated rings. The van der Waals surface area contributed by atoms with Gasteiger partial charge in [-0.2, -0.15) is 0 Å². The standard InChI is InChI=1S/C11H18N2O3S2/c1-15-6-4-5-13-10-8(17-3)7(12)9(18-10)11(14)16-2/h13H,4-6,12H2,1-3H3. The highest BCUT2D eigenvalue weighted by Crippen LogP contribution is 2.41. The fourth-order valence-corrected chi connectivity index (χ4v) is 3.39. The molecule has 0 bridgehead atoms. The van der Waals surface area contributed by atoms with Gasteiger partial charge in [-0.05, 0) is 12.7 Å². The number of nitrogen functional groups attached to an aromatic ring is 1. The van der Waals surface area contributed by atoms with Gasteiger partial charge >= 0.3 is 5.97 Å². The van der Waals surface area contributed by atoms with Crippen molar-refractivity contribution in [3.63, 3.8) is 0 Å². The highest BCUT2D eigenvalue weighted by Gasteiger charge is 2.20. The highest BCUT2D eigenvalue weighted by molar-refractivity contribution is 7.99. The monoisotopic (exact) mass is 290 g/mol. The van der Waals surface area contributed by atoms with Crippen LogP contribution in [0.5, 0.6) is 0 Å². The molecule has 1 aromatic rings. The van der Waals surface area contributed by atoms with Crippen molar-refractivity contribution in [3.05, 3.63) is 4.88 Å². The number of anilines is 2. The van der Waals surface area contributed by atoms with Gasteiger partial charge in [-0.25, -0.2) is 4.79 Å². The van der Waals surface area contributed by atoms with Gasteiger partial charge in [0.05, 0.1) is 17.7 Å². The first-order valence-corrected chi connectivity index (χ1v) is 7.47. The maximum absolute atomic E-state index is 11.5. The van der Waals surface area contributed by atoms with Gasteiger partial charge in [0.2, 0.25) is 0 Å². The predicted octanol–water partition coefficient (Wildman–Crippen LogP) is 2.29. The zero-order chi connectivity index (χ0) is 13.5. The average molecular weight is 290 g/mol. The summed E-state index contributed by atoms with van der Waals surface area (Å²) in [6.07, 6.45) is 2.83. The summed E-state index contributed by atoms with van der Waals surface area (Å²) in [5, 5.41) is 4.18. The Hall–Kier alpha value is -0.920. The fourth-order valence-electron chi connectivity index (χ4n) is 1.41. The van der Waals surface area contributed by atoms with Crippen molar-refractivity contribution in [3.8, 4) is 0 Å². The van der Waals surface area contributed by atoms with Gasteiger partial charge in [-0.15, -0.1) is 23.1 Å². The van der Waals surface area contributed by atoms with Crippen LogP contribution in [0.1, 0.15) is 16.1 Å². The van der Waals surface area contributed by atoms with Gasteiger partial charge in [0, 0.05) is 20.3 Å². The number of carbonyl (C=O) groups is 1. The Morgan fingerprint density at radius 2 is 2.22 bits per heavy atom. The quantitative estimate of drug-likeness (QED) is 0.456. The highest BCUT2D eigenvalue weighted by atomic mass is 32.2. The van der Waals surface area contributed by atoms with Crippen LogP contribution in [0.15, 0.2) is 4.90 Å². The summed E-state index contributed by atoms with van der Waals surface area (Å²) < 4.78 is 9.69. The minimum atomic E-state index is -0.391. The van der Waals surface area contributed by atoms with Gasteiger partial charge in [0.1, 0.15) is 9.88 Å². The van der Waals surface area contributed by atoms with Crippen LogP contribution in [0.4, 0.5) is 10.7 Å². The molecule has 1 rings (SSSR count). The Labute approximate surface area is 115 Å². The number of methoxy groups -OCH3 is 2. The first-order chi connectivity index (χ1) is 8.65. The summed E-state index contributed by atoms with van der Waals surface area (Å²) >= 11 is 2.85. The molecule has 1 heterocycles. The number of thiophene rings is 1. The smallest absolute Gasteiger partial charge is 0.350 e. The molecule has 102 valence electrons. The van der Waals surface area contributed by atoms with Crippen molar-refractivity contribution in [2.75, 3.05) is 44.7 Å². The molecule has 0 saturated carbocycles. The van der Waals surface area contributed by atoms with Crippen LogP contribution >= 0.6 is 23.1 Å². The molecule has 0 atom stereocenters. The molecule has 0 aliphatic carbocycles. The van der Waals surface area contributed by atoms with Gasteiger partial charge in [-0.3, -0.25) is 0 Å². The van der Waals surface area contributed by atoms with Crippen LogP contribution in [0.2, 0.25) is 0 Å². The molecule has 1 aromatic heterocycles. The van der Waals surface area contributed by atoms with Crippen molar-refractivity contribution in [2.24, 2.45) is 0 Å². The molecule has 0 aromatic carbocycles. The molecule has 0 radical (unpaired) electrons. The topological polar surface area (TPSA) is 73.6 Å². The van der Waals surface area contributed by atoms with Crippen LogP contribution in [-0.2, 0) is 9.47 Å². The molecule has 0 aliphatic rings. The predicted molar refractivity (Wildman–Crippen MR) is 76.8 cm³/mol. The van der Waals surface area contributed by atoms with E-state index in [2.05, 4.69) is 5.32 Å². The minimum absolute atomic E-state index is 0.391. The Morgan fingerprint density at radius 3 is 2.78 bits per heavy atom. The molecule has 3 N–H and O–H groups in total. The summed E-state index contributed by atoms with van der Waals surface area (Å²) in [4.78, 5) is 12.9. The Bertz CT molecular complexity index is 407. The van der Waals surface area contributed by atoms with Crippen LogP contribution < -0.4 is 11.1 Å². The molecule has 0 amide bonds. The van der Waals surface area contributed by atoms with E-state index in [0.717, 1.165) is 22.9 Å². The zero-order valence-electron chi connectivity index (χ0n) is 10.7. The molecule has 0 aliphatic heterocycles. The third-order valence-electron chi connectivity index (χ3n) is 2.29. The van der Waals surface area contributed by atoms with Crippen LogP contribution in [0.3, 0.4) is 0 Å². The average Bonchev–Trinajstić information content (AvgIpc) is 2.70. The van der Waals surface area contributed by atoms with Crippen molar-refractivity contribution in [1.29, 1.82) is 0 Å². The number of esters is 1. The lowest BCUT2D eigenvalue weighted by Crippen LogP contribution is -2.04. The van der Waals surface area contributed by atoms with E-state index in [1.807, 2.05) is 6.26 Å². The van der Waals surface area contributed by atoms with Crippen LogP contribution in [-0.4, -0.2) is 39.6 Å². The first kappa shape index (κ1) is 15.1. The lowest BCUT2D eigenvalue weighted by molar-refractivity contribution is 0.0607. The molecule has 7 heteroatoms. The summed E-state index contributed by atoms with van der Waals surface area (Å²) in [6.45, 7) is 1.48. The molecule has 18 heavy (non-hydrogen) atoms. The van der Waals surface area contributed by atoms with E-state index in [4.69, 9.17) is 15.2 Å². The Balaban J connectivity index is 2.80. The van der Waals surface area contributed by atoms with E-state index >= 15 is 0 Å². The van der Waals surface area contributed by atoms with Gasteiger partial charge < -0.3 is 20.5 Å². The maximum Gasteiger partial charge on any atom is 0.350 e. The third-order valence-corrected chi connectivity index (χ3v) is 4.39. The fraction of sp³-hybridized carbons (Fsp3) is 0.545. The number of carbonyl (C=O) groups excluding carboxylic acids is 1. The van der Waals surface area contributed by atoms with Gasteiger partial charge in [-0.1, -0.05) is 0 Å². The Kier molecular flexibility index (Phi) is 6.31. The van der Waals surface area contributed by atoms with Crippen molar-refractivity contribution < 1.29 is 14.3 Å². The summed E-state index contributed by atoms with van der Waals surface area (Å²) in [5.74, 6) is -0.391. The van der Waals surface area contributed by atoms with E-state index in [-0.39, 0.29) is 0 Å². The minimum Gasteiger partial charge on any atom is -0.465 e. The first-order valence-electron chi connectivity index (χ1n) is 5.43. The molecule has 5 nitrogen and oxygen atoms in total. The second-order valence-corrected chi connectivity index (χ2v) is 5.31. The molecular weight excluding hydrogens is 272 g/mol. The number of hydrogen-bond acceptors (Lipinski definition) is 7. The second-order valence-electron chi connectivity index (χ2n) is 3.47. The molecule has 0 saturated heterocycles. The normalized spacial score (nSPS) is 10.4. The van der Waals surface area contributed by atoms with Crippen molar-refractivity contribution in [1.82, 2.24) is 0 Å². The van der Waals surface area contributed by atoms with Crippen LogP contribution in [0.25, 0.3) is 0 Å². The van der Waals surface area contributed by atoms with E-state index in [1.165, 1.54) is 30.2 Å². The lowest BCUT2D eigenvalue weighted by atomic mass is 10.4. The Morgan fingerprint density at radius 1 is 1.50 bits per heavy atom. The molecular formula is C11H18N2O3S2. The van der Waals surface area contributed by atoms with E-state index in [0.29, 0.717) is 17.2 Å². The van der Waals surface area contributed by atoms with Gasteiger partial charge in [0.15, 0.2) is 0 Å². The lowest BCUT2D eigenvalue weighted by Gasteiger charge is -2.05. The van der Waals surface area contributed by atoms with E-state index in [9.17, 15) is 4.79 Å². The largest absolute Gasteiger partial charge is 0.465 e. The third kappa shape index (κ3) is 3.54. The number of thioether (sulfide) groups is 1. The zero-order valence-corrected chi connectivity index (χ0v) is 12.4. The molecule has 0 spiro atoms. The number of ether oxygens (including phenoxy) is 2. The van der Waals surface area contributed by atoms with Crippen LogP contribution in [0, 0.1) is 0 Å².